The van der Waals surface area contributed by atoms with Crippen LogP contribution in [0.15, 0.2) is 18.2 Å². The molecule has 0 bridgehead atoms. The van der Waals surface area contributed by atoms with Crippen LogP contribution in [0, 0.1) is 5.41 Å². The lowest BCUT2D eigenvalue weighted by Crippen LogP contribution is -2.54. The second-order valence-corrected chi connectivity index (χ2v) is 7.62. The molecule has 1 unspecified atom stereocenters. The molecule has 1 aromatic rings. The van der Waals surface area contributed by atoms with Gasteiger partial charge in [-0.25, -0.2) is 0 Å². The van der Waals surface area contributed by atoms with Crippen molar-refractivity contribution in [2.75, 3.05) is 32.8 Å². The van der Waals surface area contributed by atoms with Gasteiger partial charge in [0.2, 0.25) is 5.91 Å². The molecule has 2 heterocycles. The number of halogens is 3. The highest BCUT2D eigenvalue weighted by atomic mass is 35.5. The SMILES string of the molecule is Cl.NCC1(C(=O)N2CCCC(Oc3ccc(Cl)c(Cl)c3)C2)CCOCC1. The van der Waals surface area contributed by atoms with Gasteiger partial charge in [0.05, 0.1) is 22.0 Å². The molecule has 1 aromatic carbocycles. The Morgan fingerprint density at radius 2 is 2.04 bits per heavy atom. The first kappa shape index (κ1) is 21.6. The number of piperidine rings is 1. The second kappa shape index (κ2) is 9.47. The van der Waals surface area contributed by atoms with Crippen LogP contribution in [0.4, 0.5) is 0 Å². The number of nitrogens with zero attached hydrogens (tertiary/aromatic N) is 1. The lowest BCUT2D eigenvalue weighted by atomic mass is 9.78. The molecule has 1 amide bonds. The predicted octanol–water partition coefficient (Wildman–Crippen LogP) is 3.54. The van der Waals surface area contributed by atoms with Crippen molar-refractivity contribution in [1.82, 2.24) is 4.90 Å². The molecule has 0 aliphatic carbocycles. The summed E-state index contributed by atoms with van der Waals surface area (Å²) in [5.41, 5.74) is 5.49. The van der Waals surface area contributed by atoms with Crippen LogP contribution >= 0.6 is 35.6 Å². The monoisotopic (exact) mass is 422 g/mol. The lowest BCUT2D eigenvalue weighted by Gasteiger charge is -2.41. The van der Waals surface area contributed by atoms with E-state index in [2.05, 4.69) is 0 Å². The van der Waals surface area contributed by atoms with E-state index in [0.717, 1.165) is 19.4 Å². The number of ether oxygens (including phenoxy) is 2. The smallest absolute Gasteiger partial charge is 0.230 e. The topological polar surface area (TPSA) is 64.8 Å². The Hall–Kier alpha value is -0.720. The van der Waals surface area contributed by atoms with Crippen molar-refractivity contribution in [2.45, 2.75) is 31.8 Å². The van der Waals surface area contributed by atoms with Gasteiger partial charge in [-0.3, -0.25) is 4.79 Å². The van der Waals surface area contributed by atoms with E-state index in [9.17, 15) is 4.79 Å². The molecule has 0 radical (unpaired) electrons. The molecule has 2 fully saturated rings. The Morgan fingerprint density at radius 1 is 1.31 bits per heavy atom. The highest BCUT2D eigenvalue weighted by Gasteiger charge is 2.42. The summed E-state index contributed by atoms with van der Waals surface area (Å²) in [6.45, 7) is 2.88. The number of amides is 1. The van der Waals surface area contributed by atoms with Crippen LogP contribution in [-0.4, -0.2) is 49.8 Å². The molecule has 146 valence electrons. The Balaban J connectivity index is 0.00000243. The summed E-state index contributed by atoms with van der Waals surface area (Å²) in [5, 5.41) is 0.964. The zero-order chi connectivity index (χ0) is 17.9. The zero-order valence-corrected chi connectivity index (χ0v) is 16.9. The quantitative estimate of drug-likeness (QED) is 0.804. The van der Waals surface area contributed by atoms with Gasteiger partial charge in [0.15, 0.2) is 0 Å². The minimum absolute atomic E-state index is 0. The minimum Gasteiger partial charge on any atom is -0.489 e. The Labute approximate surface area is 170 Å². The highest BCUT2D eigenvalue weighted by molar-refractivity contribution is 6.42. The lowest BCUT2D eigenvalue weighted by molar-refractivity contribution is -0.149. The van der Waals surface area contributed by atoms with Crippen molar-refractivity contribution in [3.63, 3.8) is 0 Å². The molecule has 0 aromatic heterocycles. The first-order valence-electron chi connectivity index (χ1n) is 8.73. The fourth-order valence-electron chi connectivity index (χ4n) is 3.56. The van der Waals surface area contributed by atoms with Gasteiger partial charge in [-0.05, 0) is 37.8 Å². The molecule has 26 heavy (non-hydrogen) atoms. The molecule has 2 aliphatic rings. The standard InChI is InChI=1S/C18H24Cl2N2O3.ClH/c19-15-4-3-13(10-16(15)20)25-14-2-1-7-22(11-14)17(23)18(12-21)5-8-24-9-6-18;/h3-4,10,14H,1-2,5-9,11-12,21H2;1H. The number of likely N-dealkylation sites (tertiary alicyclic amines) is 1. The van der Waals surface area contributed by atoms with Crippen molar-refractivity contribution in [3.8, 4) is 5.75 Å². The van der Waals surface area contributed by atoms with E-state index in [-0.39, 0.29) is 24.4 Å². The van der Waals surface area contributed by atoms with Crippen LogP contribution in [-0.2, 0) is 9.53 Å². The van der Waals surface area contributed by atoms with Gasteiger partial charge in [0.1, 0.15) is 11.9 Å². The first-order chi connectivity index (χ1) is 12.0. The van der Waals surface area contributed by atoms with Gasteiger partial charge in [0.25, 0.3) is 0 Å². The first-order valence-corrected chi connectivity index (χ1v) is 9.48. The van der Waals surface area contributed by atoms with Crippen molar-refractivity contribution in [2.24, 2.45) is 11.1 Å². The summed E-state index contributed by atoms with van der Waals surface area (Å²) >= 11 is 12.0. The molecule has 2 N–H and O–H groups in total. The summed E-state index contributed by atoms with van der Waals surface area (Å²) in [5.74, 6) is 0.814. The van der Waals surface area contributed by atoms with Gasteiger partial charge in [0, 0.05) is 32.4 Å². The zero-order valence-electron chi connectivity index (χ0n) is 14.6. The van der Waals surface area contributed by atoms with Crippen molar-refractivity contribution in [1.29, 1.82) is 0 Å². The molecular weight excluding hydrogens is 399 g/mol. The Morgan fingerprint density at radius 3 is 2.69 bits per heavy atom. The Bertz CT molecular complexity index is 624. The van der Waals surface area contributed by atoms with Crippen LogP contribution < -0.4 is 10.5 Å². The number of rotatable bonds is 4. The average molecular weight is 424 g/mol. The predicted molar refractivity (Wildman–Crippen MR) is 105 cm³/mol. The van der Waals surface area contributed by atoms with Crippen LogP contribution in [0.5, 0.6) is 5.75 Å². The number of hydrogen-bond acceptors (Lipinski definition) is 4. The van der Waals surface area contributed by atoms with Gasteiger partial charge in [-0.2, -0.15) is 0 Å². The minimum atomic E-state index is -0.482. The van der Waals surface area contributed by atoms with E-state index in [1.807, 2.05) is 4.90 Å². The maximum Gasteiger partial charge on any atom is 0.230 e. The Kier molecular flexibility index (Phi) is 7.86. The normalized spacial score (nSPS) is 22.4. The molecule has 5 nitrogen and oxygen atoms in total. The number of hydrogen-bond donors (Lipinski definition) is 1. The fraction of sp³-hybridized carbons (Fsp3) is 0.611. The molecule has 2 saturated heterocycles. The number of carbonyl (C=O) groups is 1. The molecule has 1 atom stereocenters. The molecule has 8 heteroatoms. The maximum atomic E-state index is 13.1. The average Bonchev–Trinajstić information content (AvgIpc) is 2.65. The number of benzene rings is 1. The van der Waals surface area contributed by atoms with Crippen LogP contribution in [0.1, 0.15) is 25.7 Å². The third-order valence-electron chi connectivity index (χ3n) is 5.15. The van der Waals surface area contributed by atoms with E-state index < -0.39 is 5.41 Å². The van der Waals surface area contributed by atoms with E-state index in [1.54, 1.807) is 18.2 Å². The van der Waals surface area contributed by atoms with Crippen molar-refractivity contribution >= 4 is 41.5 Å². The maximum absolute atomic E-state index is 13.1. The third kappa shape index (κ3) is 4.76. The summed E-state index contributed by atoms with van der Waals surface area (Å²) < 4.78 is 11.4. The van der Waals surface area contributed by atoms with Crippen LogP contribution in [0.2, 0.25) is 10.0 Å². The second-order valence-electron chi connectivity index (χ2n) is 6.81. The van der Waals surface area contributed by atoms with Crippen LogP contribution in [0.3, 0.4) is 0 Å². The summed E-state index contributed by atoms with van der Waals surface area (Å²) in [6, 6.07) is 5.23. The molecule has 0 saturated carbocycles. The largest absolute Gasteiger partial charge is 0.489 e. The van der Waals surface area contributed by atoms with Crippen molar-refractivity contribution in [3.05, 3.63) is 28.2 Å². The van der Waals surface area contributed by atoms with E-state index >= 15 is 0 Å². The summed E-state index contributed by atoms with van der Waals surface area (Å²) in [7, 11) is 0. The summed E-state index contributed by atoms with van der Waals surface area (Å²) in [6.07, 6.45) is 3.15. The van der Waals surface area contributed by atoms with Gasteiger partial charge in [-0.15, -0.1) is 12.4 Å². The van der Waals surface area contributed by atoms with Crippen molar-refractivity contribution < 1.29 is 14.3 Å². The van der Waals surface area contributed by atoms with E-state index in [0.29, 0.717) is 54.9 Å². The molecule has 2 aliphatic heterocycles. The number of nitrogens with two attached hydrogens (primary N) is 1. The summed E-state index contributed by atoms with van der Waals surface area (Å²) in [4.78, 5) is 15.0. The van der Waals surface area contributed by atoms with E-state index in [4.69, 9.17) is 38.4 Å². The van der Waals surface area contributed by atoms with Gasteiger partial charge in [-0.1, -0.05) is 23.2 Å². The number of carbonyl (C=O) groups excluding carboxylic acids is 1. The van der Waals surface area contributed by atoms with Gasteiger partial charge >= 0.3 is 0 Å². The molecular formula is C18H25Cl3N2O3. The third-order valence-corrected chi connectivity index (χ3v) is 5.89. The fourth-order valence-corrected chi connectivity index (χ4v) is 3.85. The molecule has 3 rings (SSSR count). The van der Waals surface area contributed by atoms with Crippen LogP contribution in [0.25, 0.3) is 0 Å². The van der Waals surface area contributed by atoms with E-state index in [1.165, 1.54) is 0 Å². The van der Waals surface area contributed by atoms with Gasteiger partial charge < -0.3 is 20.1 Å². The molecule has 0 spiro atoms. The highest BCUT2D eigenvalue weighted by Crippen LogP contribution is 2.33.